The fourth-order valence-corrected chi connectivity index (χ4v) is 3.19. The highest BCUT2D eigenvalue weighted by Crippen LogP contribution is 2.29. The summed E-state index contributed by atoms with van der Waals surface area (Å²) < 4.78 is 16.3. The predicted octanol–water partition coefficient (Wildman–Crippen LogP) is 4.54. The Morgan fingerprint density at radius 1 is 1.09 bits per heavy atom. The minimum atomic E-state index is -0.587. The lowest BCUT2D eigenvalue weighted by Crippen LogP contribution is -2.30. The van der Waals surface area contributed by atoms with Gasteiger partial charge in [0.1, 0.15) is 17.4 Å². The van der Waals surface area contributed by atoms with Gasteiger partial charge in [0, 0.05) is 6.04 Å². The van der Waals surface area contributed by atoms with Gasteiger partial charge in [0.25, 0.3) is 5.91 Å². The second-order valence-corrected chi connectivity index (χ2v) is 8.14. The highest BCUT2D eigenvalue weighted by Gasteiger charge is 2.14. The number of nitriles is 1. The molecule has 174 valence electrons. The van der Waals surface area contributed by atoms with Crippen LogP contribution in [0.5, 0.6) is 17.2 Å². The molecule has 0 unspecified atom stereocenters. The number of nitrogens with zero attached hydrogens (tertiary/aromatic N) is 1. The Morgan fingerprint density at radius 2 is 1.82 bits per heavy atom. The van der Waals surface area contributed by atoms with Crippen molar-refractivity contribution in [1.29, 1.82) is 5.26 Å². The van der Waals surface area contributed by atoms with Gasteiger partial charge in [-0.05, 0) is 73.7 Å². The van der Waals surface area contributed by atoms with Crippen molar-refractivity contribution in [3.63, 3.8) is 0 Å². The normalized spacial score (nSPS) is 11.2. The minimum absolute atomic E-state index is 0.0392. The summed E-state index contributed by atoms with van der Waals surface area (Å²) in [7, 11) is 1.44. The first-order valence-electron chi connectivity index (χ1n) is 10.7. The van der Waals surface area contributed by atoms with Crippen LogP contribution in [-0.2, 0) is 9.59 Å². The summed E-state index contributed by atoms with van der Waals surface area (Å²) in [6.45, 7) is 9.60. The van der Waals surface area contributed by atoms with Crippen molar-refractivity contribution in [2.75, 3.05) is 13.7 Å². The fraction of sp³-hybridized carbons (Fsp3) is 0.346. The van der Waals surface area contributed by atoms with E-state index >= 15 is 0 Å². The maximum Gasteiger partial charge on any atom is 0.349 e. The molecule has 0 aliphatic rings. The van der Waals surface area contributed by atoms with Crippen LogP contribution in [0.4, 0.5) is 0 Å². The Balaban J connectivity index is 2.08. The van der Waals surface area contributed by atoms with E-state index in [2.05, 4.69) is 19.2 Å². The molecule has 0 bridgehead atoms. The van der Waals surface area contributed by atoms with Crippen molar-refractivity contribution in [3.05, 3.63) is 58.7 Å². The summed E-state index contributed by atoms with van der Waals surface area (Å²) in [5.41, 5.74) is 2.84. The number of carbonyl (C=O) groups excluding carboxylic acids is 2. The SMILES string of the molecule is COc1cc(/C=C(\C#N)C(=O)NC(C)C)ccc1OC(=O)COc1ccc(C(C)C)c(C)c1. The minimum Gasteiger partial charge on any atom is -0.493 e. The molecule has 1 N–H and O–H groups in total. The van der Waals surface area contributed by atoms with Crippen LogP contribution in [0.3, 0.4) is 0 Å². The lowest BCUT2D eigenvalue weighted by atomic mass is 9.98. The first-order chi connectivity index (χ1) is 15.6. The number of rotatable bonds is 9. The van der Waals surface area contributed by atoms with Crippen molar-refractivity contribution in [2.24, 2.45) is 0 Å². The van der Waals surface area contributed by atoms with Gasteiger partial charge in [-0.25, -0.2) is 4.79 Å². The molecule has 0 atom stereocenters. The second-order valence-electron chi connectivity index (χ2n) is 8.14. The van der Waals surface area contributed by atoms with Gasteiger partial charge in [0.15, 0.2) is 18.1 Å². The van der Waals surface area contributed by atoms with E-state index in [-0.39, 0.29) is 29.7 Å². The maximum absolute atomic E-state index is 12.3. The molecule has 0 spiro atoms. The van der Waals surface area contributed by atoms with Crippen molar-refractivity contribution in [2.45, 2.75) is 46.6 Å². The Hall–Kier alpha value is -3.79. The lowest BCUT2D eigenvalue weighted by molar-refractivity contribution is -0.136. The average Bonchev–Trinajstić information content (AvgIpc) is 2.76. The van der Waals surface area contributed by atoms with Crippen molar-refractivity contribution >= 4 is 18.0 Å². The van der Waals surface area contributed by atoms with Gasteiger partial charge in [-0.15, -0.1) is 0 Å². The second kappa shape index (κ2) is 11.7. The van der Waals surface area contributed by atoms with Crippen LogP contribution in [0.25, 0.3) is 6.08 Å². The average molecular weight is 451 g/mol. The van der Waals surface area contributed by atoms with E-state index in [0.29, 0.717) is 17.2 Å². The Bertz CT molecular complexity index is 1080. The van der Waals surface area contributed by atoms with Crippen LogP contribution >= 0.6 is 0 Å². The summed E-state index contributed by atoms with van der Waals surface area (Å²) in [6.07, 6.45) is 1.44. The molecule has 0 fully saturated rings. The zero-order chi connectivity index (χ0) is 24.5. The number of carbonyl (C=O) groups is 2. The molecule has 0 aliphatic carbocycles. The Morgan fingerprint density at radius 3 is 2.39 bits per heavy atom. The molecule has 0 radical (unpaired) electrons. The van der Waals surface area contributed by atoms with E-state index in [1.54, 1.807) is 18.2 Å². The molecular weight excluding hydrogens is 420 g/mol. The van der Waals surface area contributed by atoms with Crippen molar-refractivity contribution < 1.29 is 23.8 Å². The number of esters is 1. The molecular formula is C26H30N2O5. The van der Waals surface area contributed by atoms with Crippen LogP contribution in [0.15, 0.2) is 42.0 Å². The third kappa shape index (κ3) is 7.39. The molecule has 2 aromatic carbocycles. The van der Waals surface area contributed by atoms with E-state index in [4.69, 9.17) is 14.2 Å². The summed E-state index contributed by atoms with van der Waals surface area (Å²) in [5.74, 6) is 0.440. The molecule has 7 nitrogen and oxygen atoms in total. The van der Waals surface area contributed by atoms with Gasteiger partial charge >= 0.3 is 5.97 Å². The van der Waals surface area contributed by atoms with Crippen LogP contribution in [0.2, 0.25) is 0 Å². The number of hydrogen-bond acceptors (Lipinski definition) is 6. The van der Waals surface area contributed by atoms with E-state index in [9.17, 15) is 14.9 Å². The summed E-state index contributed by atoms with van der Waals surface area (Å²) in [6, 6.07) is 12.3. The quantitative estimate of drug-likeness (QED) is 0.261. The molecule has 1 amide bonds. The summed E-state index contributed by atoms with van der Waals surface area (Å²) >= 11 is 0. The standard InChI is InChI=1S/C26H30N2O5/c1-16(2)22-9-8-21(11-18(22)5)32-15-25(29)33-23-10-7-19(13-24(23)31-6)12-20(14-27)26(30)28-17(3)4/h7-13,16-17H,15H2,1-6H3,(H,28,30)/b20-12+. The largest absolute Gasteiger partial charge is 0.493 e. The third-order valence-electron chi connectivity index (χ3n) is 4.73. The summed E-state index contributed by atoms with van der Waals surface area (Å²) in [4.78, 5) is 24.4. The van der Waals surface area contributed by atoms with E-state index in [0.717, 1.165) is 5.56 Å². The van der Waals surface area contributed by atoms with Gasteiger partial charge in [0.05, 0.1) is 7.11 Å². The van der Waals surface area contributed by atoms with Gasteiger partial charge < -0.3 is 19.5 Å². The molecule has 33 heavy (non-hydrogen) atoms. The number of amides is 1. The molecule has 2 rings (SSSR count). The number of ether oxygens (including phenoxy) is 3. The van der Waals surface area contributed by atoms with E-state index < -0.39 is 11.9 Å². The molecule has 7 heteroatoms. The zero-order valence-electron chi connectivity index (χ0n) is 19.9. The predicted molar refractivity (Wildman–Crippen MR) is 126 cm³/mol. The number of benzene rings is 2. The molecule has 0 heterocycles. The van der Waals surface area contributed by atoms with Gasteiger partial charge in [-0.2, -0.15) is 5.26 Å². The monoisotopic (exact) mass is 450 g/mol. The number of nitrogens with one attached hydrogen (secondary N) is 1. The van der Waals surface area contributed by atoms with Crippen molar-refractivity contribution in [1.82, 2.24) is 5.32 Å². The van der Waals surface area contributed by atoms with Crippen LogP contribution < -0.4 is 19.5 Å². The zero-order valence-corrected chi connectivity index (χ0v) is 19.9. The number of methoxy groups -OCH3 is 1. The van der Waals surface area contributed by atoms with Gasteiger partial charge in [0.2, 0.25) is 0 Å². The molecule has 0 aromatic heterocycles. The summed E-state index contributed by atoms with van der Waals surface area (Å²) in [5, 5.41) is 12.0. The first-order valence-corrected chi connectivity index (χ1v) is 10.7. The number of aryl methyl sites for hydroxylation is 1. The fourth-order valence-electron chi connectivity index (χ4n) is 3.19. The number of hydrogen-bond donors (Lipinski definition) is 1. The smallest absolute Gasteiger partial charge is 0.349 e. The Kier molecular flexibility index (Phi) is 9.05. The van der Waals surface area contributed by atoms with Crippen molar-refractivity contribution in [3.8, 4) is 23.3 Å². The lowest BCUT2D eigenvalue weighted by Gasteiger charge is -2.13. The van der Waals surface area contributed by atoms with Crippen LogP contribution in [0.1, 0.15) is 50.3 Å². The highest BCUT2D eigenvalue weighted by atomic mass is 16.6. The first kappa shape index (κ1) is 25.5. The van der Waals surface area contributed by atoms with Crippen LogP contribution in [0, 0.1) is 18.3 Å². The molecule has 0 aliphatic heterocycles. The maximum atomic E-state index is 12.3. The van der Waals surface area contributed by atoms with Crippen LogP contribution in [-0.4, -0.2) is 31.6 Å². The van der Waals surface area contributed by atoms with Gasteiger partial charge in [-0.1, -0.05) is 26.0 Å². The van der Waals surface area contributed by atoms with Gasteiger partial charge in [-0.3, -0.25) is 4.79 Å². The molecule has 0 saturated carbocycles. The molecule has 2 aromatic rings. The Labute approximate surface area is 195 Å². The molecule has 0 saturated heterocycles. The third-order valence-corrected chi connectivity index (χ3v) is 4.73. The van der Waals surface area contributed by atoms with E-state index in [1.807, 2.05) is 45.0 Å². The van der Waals surface area contributed by atoms with E-state index in [1.165, 1.54) is 18.7 Å². The highest BCUT2D eigenvalue weighted by molar-refractivity contribution is 6.01. The topological polar surface area (TPSA) is 97.6 Å².